The van der Waals surface area contributed by atoms with Gasteiger partial charge >= 0.3 is 11.9 Å². The number of rotatable bonds is 8. The van der Waals surface area contributed by atoms with Gasteiger partial charge in [-0.3, -0.25) is 13.8 Å². The lowest BCUT2D eigenvalue weighted by Gasteiger charge is -2.55. The topological polar surface area (TPSA) is 99.1 Å². The predicted octanol–water partition coefficient (Wildman–Crippen LogP) is 5.18. The van der Waals surface area contributed by atoms with E-state index in [9.17, 15) is 18.9 Å². The quantitative estimate of drug-likeness (QED) is 0.411. The highest BCUT2D eigenvalue weighted by Gasteiger charge is 2.68. The van der Waals surface area contributed by atoms with Crippen molar-refractivity contribution in [3.63, 3.8) is 0 Å². The Morgan fingerprint density at radius 1 is 1.08 bits per heavy atom. The fourth-order valence-corrected chi connectivity index (χ4v) is 8.54. The van der Waals surface area contributed by atoms with Crippen LogP contribution in [0, 0.1) is 29.6 Å². The molecule has 3 rings (SSSR count). The van der Waals surface area contributed by atoms with Crippen molar-refractivity contribution in [3.05, 3.63) is 0 Å². The summed E-state index contributed by atoms with van der Waals surface area (Å²) in [5, 5.41) is 12.2. The first kappa shape index (κ1) is 31.5. The van der Waals surface area contributed by atoms with Gasteiger partial charge in [-0.2, -0.15) is 0 Å². The normalized spacial score (nSPS) is 43.9. The molecule has 0 radical (unpaired) electrons. The lowest BCUT2D eigenvalue weighted by Crippen LogP contribution is -2.64. The fraction of sp³-hybridized carbons (Fsp3) is 0.933. The summed E-state index contributed by atoms with van der Waals surface area (Å²) in [5.74, 6) is -1.24. The van der Waals surface area contributed by atoms with Crippen LogP contribution < -0.4 is 0 Å². The minimum Gasteiger partial charge on any atom is -0.462 e. The molecule has 1 N–H and O–H groups in total. The molecule has 2 heterocycles. The molecule has 2 bridgehead atoms. The summed E-state index contributed by atoms with van der Waals surface area (Å²) < 4.78 is 31.9. The van der Waals surface area contributed by atoms with Gasteiger partial charge in [-0.25, -0.2) is 0 Å². The van der Waals surface area contributed by atoms with Crippen molar-refractivity contribution >= 4 is 22.7 Å². The van der Waals surface area contributed by atoms with Gasteiger partial charge in [0.05, 0.1) is 11.7 Å². The SMILES string of the molecule is CCCC(=O)O[C@H]1[C@H](C(C)C)[C@@H]2[C@@H]([C@H]3C[C@](C)(S(C)=O)CCC[C@@](C)(OC(=O)CCC)[C@@H]2O3)[C@](C)(O)[C@@H]1C. The summed E-state index contributed by atoms with van der Waals surface area (Å²) >= 11 is 0. The van der Waals surface area contributed by atoms with Gasteiger partial charge in [0.15, 0.2) is 0 Å². The number of esters is 2. The summed E-state index contributed by atoms with van der Waals surface area (Å²) in [4.78, 5) is 25.7. The second-order valence-corrected chi connectivity index (χ2v) is 15.1. The Morgan fingerprint density at radius 2 is 1.68 bits per heavy atom. The molecule has 3 fully saturated rings. The highest BCUT2D eigenvalue weighted by molar-refractivity contribution is 7.85. The smallest absolute Gasteiger partial charge is 0.306 e. The Bertz CT molecular complexity index is 888. The largest absolute Gasteiger partial charge is 0.462 e. The van der Waals surface area contributed by atoms with E-state index in [0.717, 1.165) is 12.8 Å². The first-order valence-electron chi connectivity index (χ1n) is 14.8. The third kappa shape index (κ3) is 5.88. The molecule has 8 heteroatoms. The zero-order chi connectivity index (χ0) is 28.6. The van der Waals surface area contributed by atoms with Gasteiger partial charge in [-0.05, 0) is 65.2 Å². The van der Waals surface area contributed by atoms with Crippen molar-refractivity contribution < 1.29 is 33.1 Å². The van der Waals surface area contributed by atoms with Crippen LogP contribution in [0.1, 0.15) is 107 Å². The molecule has 0 spiro atoms. The third-order valence-electron chi connectivity index (χ3n) is 10.00. The second kappa shape index (κ2) is 11.9. The Labute approximate surface area is 232 Å². The average molecular weight is 557 g/mol. The number of hydrogen-bond acceptors (Lipinski definition) is 7. The molecule has 2 aliphatic heterocycles. The molecule has 38 heavy (non-hydrogen) atoms. The number of hydrogen-bond donors (Lipinski definition) is 1. The highest BCUT2D eigenvalue weighted by atomic mass is 32.2. The van der Waals surface area contributed by atoms with Gasteiger partial charge in [0.1, 0.15) is 17.8 Å². The molecule has 0 amide bonds. The van der Waals surface area contributed by atoms with E-state index in [0.29, 0.717) is 38.5 Å². The van der Waals surface area contributed by atoms with Crippen LogP contribution in [-0.2, 0) is 34.6 Å². The molecule has 2 saturated heterocycles. The molecule has 0 aromatic rings. The minimum absolute atomic E-state index is 0.0898. The zero-order valence-electron chi connectivity index (χ0n) is 25.1. The van der Waals surface area contributed by atoms with E-state index >= 15 is 0 Å². The summed E-state index contributed by atoms with van der Waals surface area (Å²) in [6.07, 6.45) is 5.11. The number of aliphatic hydroxyl groups is 1. The molecular weight excluding hydrogens is 504 g/mol. The van der Waals surface area contributed by atoms with Crippen molar-refractivity contribution in [1.82, 2.24) is 0 Å². The Balaban J connectivity index is 2.18. The van der Waals surface area contributed by atoms with Gasteiger partial charge in [0.25, 0.3) is 0 Å². The zero-order valence-corrected chi connectivity index (χ0v) is 25.9. The van der Waals surface area contributed by atoms with Crippen LogP contribution in [-0.4, -0.2) is 61.8 Å². The van der Waals surface area contributed by atoms with Gasteiger partial charge in [-0.1, -0.05) is 34.6 Å². The van der Waals surface area contributed by atoms with Crippen LogP contribution >= 0.6 is 0 Å². The van der Waals surface area contributed by atoms with Crippen molar-refractivity contribution in [2.24, 2.45) is 29.6 Å². The van der Waals surface area contributed by atoms with Gasteiger partial charge in [0.2, 0.25) is 0 Å². The Kier molecular flexibility index (Phi) is 9.84. The summed E-state index contributed by atoms with van der Waals surface area (Å²) in [6, 6.07) is 0. The van der Waals surface area contributed by atoms with Gasteiger partial charge < -0.3 is 19.3 Å². The third-order valence-corrected chi connectivity index (χ3v) is 11.8. The first-order chi connectivity index (χ1) is 17.6. The Morgan fingerprint density at radius 3 is 2.24 bits per heavy atom. The van der Waals surface area contributed by atoms with Gasteiger partial charge in [0, 0.05) is 58.3 Å². The summed E-state index contributed by atoms with van der Waals surface area (Å²) in [5.41, 5.74) is -2.11. The molecule has 1 saturated carbocycles. The van der Waals surface area contributed by atoms with E-state index in [-0.39, 0.29) is 47.6 Å². The molecule has 11 atom stereocenters. The molecule has 3 aliphatic rings. The second-order valence-electron chi connectivity index (χ2n) is 13.2. The van der Waals surface area contributed by atoms with Crippen LogP contribution in [0.3, 0.4) is 0 Å². The number of carbonyl (C=O) groups is 2. The molecule has 220 valence electrons. The van der Waals surface area contributed by atoms with Crippen molar-refractivity contribution in [1.29, 1.82) is 0 Å². The summed E-state index contributed by atoms with van der Waals surface area (Å²) in [7, 11) is -1.11. The maximum absolute atomic E-state index is 13.0. The van der Waals surface area contributed by atoms with Crippen molar-refractivity contribution in [2.45, 2.75) is 141 Å². The van der Waals surface area contributed by atoms with E-state index in [1.54, 1.807) is 6.26 Å². The van der Waals surface area contributed by atoms with Crippen LogP contribution in [0.25, 0.3) is 0 Å². The number of ether oxygens (including phenoxy) is 3. The molecule has 1 aliphatic carbocycles. The van der Waals surface area contributed by atoms with Crippen molar-refractivity contribution in [3.8, 4) is 0 Å². The first-order valence-corrected chi connectivity index (χ1v) is 16.3. The van der Waals surface area contributed by atoms with Crippen LogP contribution in [0.2, 0.25) is 0 Å². The summed E-state index contributed by atoms with van der Waals surface area (Å²) in [6.45, 7) is 16.0. The number of fused-ring (bicyclic) bond motifs is 5. The molecule has 1 unspecified atom stereocenters. The molecular formula is C30H52O7S. The maximum Gasteiger partial charge on any atom is 0.306 e. The predicted molar refractivity (Wildman–Crippen MR) is 149 cm³/mol. The average Bonchev–Trinajstić information content (AvgIpc) is 3.18. The molecule has 0 aromatic heterocycles. The monoisotopic (exact) mass is 556 g/mol. The van der Waals surface area contributed by atoms with E-state index in [1.165, 1.54) is 0 Å². The standard InChI is InChI=1S/C30H52O7S/c1-10-13-21(31)36-26-19(5)30(8,33)25-20-17-28(6,38(9)34)15-12-16-29(7,37-22(32)14-11-2)27(35-20)24(25)23(26)18(3)4/h18-20,23-27,33H,10-17H2,1-9H3/t19-,20-,23-,24-,25-,26-,27-,28-,29-,30-,38?/m1/s1. The lowest BCUT2D eigenvalue weighted by molar-refractivity contribution is -0.208. The minimum atomic E-state index is -1.20. The van der Waals surface area contributed by atoms with Crippen LogP contribution in [0.15, 0.2) is 0 Å². The van der Waals surface area contributed by atoms with E-state index in [4.69, 9.17) is 14.2 Å². The van der Waals surface area contributed by atoms with E-state index in [1.807, 2.05) is 34.6 Å². The molecule has 7 nitrogen and oxygen atoms in total. The van der Waals surface area contributed by atoms with Crippen LogP contribution in [0.5, 0.6) is 0 Å². The Hall–Kier alpha value is -0.990. The van der Waals surface area contributed by atoms with E-state index < -0.39 is 39.0 Å². The van der Waals surface area contributed by atoms with Gasteiger partial charge in [-0.15, -0.1) is 0 Å². The highest BCUT2D eigenvalue weighted by Crippen LogP contribution is 2.60. The maximum atomic E-state index is 13.0. The number of carbonyl (C=O) groups excluding carboxylic acids is 2. The van der Waals surface area contributed by atoms with E-state index in [2.05, 4.69) is 20.8 Å². The van der Waals surface area contributed by atoms with Crippen LogP contribution in [0.4, 0.5) is 0 Å². The van der Waals surface area contributed by atoms with Crippen molar-refractivity contribution in [2.75, 3.05) is 6.26 Å². The molecule has 0 aromatic carbocycles. The fourth-order valence-electron chi connectivity index (χ4n) is 7.71. The lowest BCUT2D eigenvalue weighted by atomic mass is 9.53.